The van der Waals surface area contributed by atoms with Gasteiger partial charge in [-0.05, 0) is 24.7 Å². The van der Waals surface area contributed by atoms with Crippen LogP contribution in [0.15, 0.2) is 12.2 Å². The number of unbranched alkanes of at least 4 members (excludes halogenated alkanes) is 10. The van der Waals surface area contributed by atoms with Gasteiger partial charge in [0.05, 0.1) is 6.54 Å². The fourth-order valence-corrected chi connectivity index (χ4v) is 4.88. The molecule has 6 atom stereocenters. The second-order valence-corrected chi connectivity index (χ2v) is 12.6. The van der Waals surface area contributed by atoms with Crippen LogP contribution in [0.2, 0.25) is 0 Å². The summed E-state index contributed by atoms with van der Waals surface area (Å²) >= 11 is 0. The molecule has 0 aromatic rings. The highest BCUT2D eigenvalue weighted by Crippen LogP contribution is 2.18. The minimum atomic E-state index is -1.74. The van der Waals surface area contributed by atoms with Gasteiger partial charge < -0.3 is 35.4 Å². The molecule has 1 heterocycles. The maximum Gasteiger partial charge on any atom is 0.306 e. The molecule has 1 aliphatic heterocycles. The molecular formula is C32H58N2O8. The van der Waals surface area contributed by atoms with E-state index in [9.17, 15) is 29.7 Å². The van der Waals surface area contributed by atoms with Crippen molar-refractivity contribution in [1.29, 1.82) is 0 Å². The number of carbonyl (C=O) groups excluding carboxylic acids is 3. The molecule has 0 aromatic heterocycles. The van der Waals surface area contributed by atoms with Gasteiger partial charge in [-0.25, -0.2) is 0 Å². The molecule has 1 rings (SSSR count). The minimum absolute atomic E-state index is 0.149. The molecule has 10 nitrogen and oxygen atoms in total. The van der Waals surface area contributed by atoms with Crippen molar-refractivity contribution in [2.24, 2.45) is 5.41 Å². The van der Waals surface area contributed by atoms with Crippen molar-refractivity contribution >= 4 is 17.8 Å². The van der Waals surface area contributed by atoms with Crippen LogP contribution in [0.3, 0.4) is 0 Å². The van der Waals surface area contributed by atoms with E-state index in [-0.39, 0.29) is 24.3 Å². The van der Waals surface area contributed by atoms with E-state index in [1.165, 1.54) is 64.6 Å². The van der Waals surface area contributed by atoms with Gasteiger partial charge in [-0.3, -0.25) is 14.4 Å². The summed E-state index contributed by atoms with van der Waals surface area (Å²) in [6, 6.07) is -0.930. The quantitative estimate of drug-likeness (QED) is 0.0808. The van der Waals surface area contributed by atoms with Crippen molar-refractivity contribution in [3.05, 3.63) is 12.2 Å². The Balaban J connectivity index is 2.41. The number of allylic oxidation sites excluding steroid dienone is 1. The molecule has 1 aliphatic rings. The van der Waals surface area contributed by atoms with E-state index in [0.717, 1.165) is 19.3 Å². The summed E-state index contributed by atoms with van der Waals surface area (Å²) in [5.41, 5.74) is -0.255. The van der Waals surface area contributed by atoms with Gasteiger partial charge in [0, 0.05) is 13.5 Å². The van der Waals surface area contributed by atoms with Crippen LogP contribution >= 0.6 is 0 Å². The van der Waals surface area contributed by atoms with Gasteiger partial charge in [-0.1, -0.05) is 104 Å². The minimum Gasteiger partial charge on any atom is -0.460 e. The molecule has 42 heavy (non-hydrogen) atoms. The standard InChI is InChI=1S/C32H58N2O8/c1-6-7-8-9-10-11-12-13-14-15-16-17-26(36)42-23-18-19-24(30(39)33-22-23)34-31(40)29(41-5)28(38)27(37)25(35)20-21-32(2,3)4/h20-21,23-25,27-29,35,37-38H,6-19,22H2,1-5H3,(H,33,39)(H,34,40). The topological polar surface area (TPSA) is 154 Å². The predicted molar refractivity (Wildman–Crippen MR) is 163 cm³/mol. The number of rotatable bonds is 20. The number of ether oxygens (including phenoxy) is 2. The van der Waals surface area contributed by atoms with Gasteiger partial charge in [0.15, 0.2) is 6.10 Å². The van der Waals surface area contributed by atoms with Crippen molar-refractivity contribution in [2.75, 3.05) is 13.7 Å². The Kier molecular flexibility index (Phi) is 18.8. The van der Waals surface area contributed by atoms with Crippen molar-refractivity contribution in [3.63, 3.8) is 0 Å². The van der Waals surface area contributed by atoms with Crippen LogP contribution in [0.4, 0.5) is 0 Å². The van der Waals surface area contributed by atoms with Crippen LogP contribution in [-0.2, 0) is 23.9 Å². The largest absolute Gasteiger partial charge is 0.460 e. The molecule has 6 unspecified atom stereocenters. The first-order chi connectivity index (χ1) is 19.9. The second-order valence-electron chi connectivity index (χ2n) is 12.6. The van der Waals surface area contributed by atoms with Crippen LogP contribution in [0.25, 0.3) is 0 Å². The smallest absolute Gasteiger partial charge is 0.306 e. The SMILES string of the molecule is CCCCCCCCCCCCCC(=O)OC1CCC(NC(=O)C(OC)C(O)C(O)C(O)C=CC(C)(C)C)C(=O)NC1. The summed E-state index contributed by atoms with van der Waals surface area (Å²) in [5, 5.41) is 36.4. The first-order valence-electron chi connectivity index (χ1n) is 15.9. The van der Waals surface area contributed by atoms with Crippen LogP contribution < -0.4 is 10.6 Å². The highest BCUT2D eigenvalue weighted by atomic mass is 16.5. The highest BCUT2D eigenvalue weighted by Gasteiger charge is 2.37. The zero-order chi connectivity index (χ0) is 31.5. The first-order valence-corrected chi connectivity index (χ1v) is 15.9. The summed E-state index contributed by atoms with van der Waals surface area (Å²) in [6.07, 6.45) is 10.3. The molecule has 0 bridgehead atoms. The van der Waals surface area contributed by atoms with E-state index < -0.39 is 48.4 Å². The lowest BCUT2D eigenvalue weighted by molar-refractivity contribution is -0.151. The molecule has 0 spiro atoms. The van der Waals surface area contributed by atoms with Gasteiger partial charge in [-0.15, -0.1) is 0 Å². The van der Waals surface area contributed by atoms with Crippen molar-refractivity contribution in [3.8, 4) is 0 Å². The number of nitrogens with one attached hydrogen (secondary N) is 2. The van der Waals surface area contributed by atoms with E-state index in [0.29, 0.717) is 12.8 Å². The number of hydrogen-bond donors (Lipinski definition) is 5. The molecule has 10 heteroatoms. The Labute approximate surface area is 253 Å². The number of aliphatic hydroxyl groups is 3. The third-order valence-corrected chi connectivity index (χ3v) is 7.51. The van der Waals surface area contributed by atoms with Gasteiger partial charge in [-0.2, -0.15) is 0 Å². The van der Waals surface area contributed by atoms with Gasteiger partial charge in [0.2, 0.25) is 5.91 Å². The maximum atomic E-state index is 12.9. The van der Waals surface area contributed by atoms with E-state index in [1.807, 2.05) is 20.8 Å². The number of methoxy groups -OCH3 is 1. The monoisotopic (exact) mass is 598 g/mol. The summed E-state index contributed by atoms with van der Waals surface area (Å²) < 4.78 is 10.7. The highest BCUT2D eigenvalue weighted by molar-refractivity contribution is 5.89. The third-order valence-electron chi connectivity index (χ3n) is 7.51. The summed E-state index contributed by atoms with van der Waals surface area (Å²) in [4.78, 5) is 37.8. The second kappa shape index (κ2) is 20.8. The van der Waals surface area contributed by atoms with E-state index >= 15 is 0 Å². The van der Waals surface area contributed by atoms with Crippen LogP contribution in [0, 0.1) is 5.41 Å². The zero-order valence-electron chi connectivity index (χ0n) is 26.6. The van der Waals surface area contributed by atoms with Gasteiger partial charge in [0.25, 0.3) is 5.91 Å². The van der Waals surface area contributed by atoms with Crippen LogP contribution in [-0.4, -0.2) is 83.3 Å². The Morgan fingerprint density at radius 1 is 0.952 bits per heavy atom. The molecular weight excluding hydrogens is 540 g/mol. The third kappa shape index (κ3) is 16.0. The molecule has 0 radical (unpaired) electrons. The molecule has 1 fully saturated rings. The molecule has 244 valence electrons. The van der Waals surface area contributed by atoms with Gasteiger partial charge in [0.1, 0.15) is 30.5 Å². The number of amides is 2. The summed E-state index contributed by atoms with van der Waals surface area (Å²) in [5.74, 6) is -1.53. The molecule has 0 saturated carbocycles. The van der Waals surface area contributed by atoms with Gasteiger partial charge >= 0.3 is 5.97 Å². The Bertz CT molecular complexity index is 813. The van der Waals surface area contributed by atoms with Crippen molar-refractivity contribution in [2.45, 2.75) is 154 Å². The number of hydrogen-bond acceptors (Lipinski definition) is 8. The van der Waals surface area contributed by atoms with E-state index in [4.69, 9.17) is 9.47 Å². The lowest BCUT2D eigenvalue weighted by Crippen LogP contribution is -2.55. The first kappa shape index (κ1) is 38.0. The van der Waals surface area contributed by atoms with Crippen molar-refractivity contribution in [1.82, 2.24) is 10.6 Å². The Morgan fingerprint density at radius 3 is 2.07 bits per heavy atom. The molecule has 0 aliphatic carbocycles. The average molecular weight is 599 g/mol. The molecule has 5 N–H and O–H groups in total. The normalized spacial score (nSPS) is 20.8. The fraction of sp³-hybridized carbons (Fsp3) is 0.844. The molecule has 1 saturated heterocycles. The van der Waals surface area contributed by atoms with E-state index in [1.54, 1.807) is 6.08 Å². The summed E-state index contributed by atoms with van der Waals surface area (Å²) in [7, 11) is 1.19. The molecule has 2 amide bonds. The molecule has 0 aromatic carbocycles. The van der Waals surface area contributed by atoms with E-state index in [2.05, 4.69) is 17.6 Å². The average Bonchev–Trinajstić information content (AvgIpc) is 3.10. The number of carbonyl (C=O) groups is 3. The lowest BCUT2D eigenvalue weighted by Gasteiger charge is -2.28. The predicted octanol–water partition coefficient (Wildman–Crippen LogP) is 3.69. The zero-order valence-corrected chi connectivity index (χ0v) is 26.6. The maximum absolute atomic E-state index is 12.9. The van der Waals surface area contributed by atoms with Crippen LogP contribution in [0.5, 0.6) is 0 Å². The fourth-order valence-electron chi connectivity index (χ4n) is 4.88. The summed E-state index contributed by atoms with van der Waals surface area (Å²) in [6.45, 7) is 8.11. The lowest BCUT2D eigenvalue weighted by atomic mass is 9.94. The number of esters is 1. The van der Waals surface area contributed by atoms with Crippen LogP contribution in [0.1, 0.15) is 118 Å². The Hall–Kier alpha value is -2.01. The van der Waals surface area contributed by atoms with Crippen molar-refractivity contribution < 1.29 is 39.2 Å². The Morgan fingerprint density at radius 2 is 1.52 bits per heavy atom. The number of aliphatic hydroxyl groups excluding tert-OH is 3.